The molecule has 3 aromatic carbocycles. The number of halogens is 3. The molecule has 1 N–H and O–H groups in total. The van der Waals surface area contributed by atoms with Crippen molar-refractivity contribution in [3.05, 3.63) is 83.4 Å². The Kier molecular flexibility index (Phi) is 10.5. The van der Waals surface area contributed by atoms with Crippen molar-refractivity contribution < 1.29 is 40.7 Å². The molecular formula is C32H37F3N4O6S. The fraction of sp³-hybridized carbons (Fsp3) is 0.375. The third-order valence-corrected chi connectivity index (χ3v) is 8.98. The first-order valence-electron chi connectivity index (χ1n) is 14.5. The maximum absolute atomic E-state index is 13.1. The van der Waals surface area contributed by atoms with Crippen LogP contribution in [-0.2, 0) is 21.5 Å². The van der Waals surface area contributed by atoms with E-state index >= 15 is 0 Å². The molecule has 4 rings (SSSR count). The number of carbonyl (C=O) groups is 2. The summed E-state index contributed by atoms with van der Waals surface area (Å²) in [6.45, 7) is 7.65. The average molecular weight is 663 g/mol. The van der Waals surface area contributed by atoms with Gasteiger partial charge >= 0.3 is 12.3 Å². The van der Waals surface area contributed by atoms with E-state index < -0.39 is 39.8 Å². The fourth-order valence-electron chi connectivity index (χ4n) is 4.74. The van der Waals surface area contributed by atoms with Gasteiger partial charge in [0.2, 0.25) is 0 Å². The van der Waals surface area contributed by atoms with E-state index in [1.807, 2.05) is 12.1 Å². The number of hydrogen-bond acceptors (Lipinski definition) is 7. The van der Waals surface area contributed by atoms with E-state index in [1.165, 1.54) is 59.1 Å². The molecule has 46 heavy (non-hydrogen) atoms. The van der Waals surface area contributed by atoms with Crippen molar-refractivity contribution in [1.29, 1.82) is 0 Å². The molecule has 0 aromatic heterocycles. The van der Waals surface area contributed by atoms with Crippen LogP contribution >= 0.6 is 0 Å². The Morgan fingerprint density at radius 3 is 2.00 bits per heavy atom. The number of ether oxygens (including phenoxy) is 2. The van der Waals surface area contributed by atoms with Gasteiger partial charge in [-0.25, -0.2) is 4.79 Å². The standard InChI is InChI=1S/C32H37F3N4O6S/c1-31(2,3)45-30(41)25-12-15-28(44-32(33,34)35)27(20-25)23-8-10-24(11-9-23)29(40)36-26-13-6-22(7-14-26)21-38-16-18-39(19-17-38)46(42,43)37(4)5/h6-15,20H,16-19,21H2,1-5H3,(H,36,40). The minimum atomic E-state index is -4.96. The zero-order valence-electron chi connectivity index (χ0n) is 26.2. The average Bonchev–Trinajstić information content (AvgIpc) is 2.97. The second-order valence-corrected chi connectivity index (χ2v) is 14.1. The predicted molar refractivity (Wildman–Crippen MR) is 168 cm³/mol. The Hall–Kier alpha value is -3.98. The highest BCUT2D eigenvalue weighted by Crippen LogP contribution is 2.35. The van der Waals surface area contributed by atoms with E-state index in [-0.39, 0.29) is 16.7 Å². The number of hydrogen-bond donors (Lipinski definition) is 1. The third kappa shape index (κ3) is 9.28. The van der Waals surface area contributed by atoms with Crippen LogP contribution in [0.1, 0.15) is 47.1 Å². The van der Waals surface area contributed by atoms with Gasteiger partial charge in [-0.1, -0.05) is 24.3 Å². The number of carbonyl (C=O) groups excluding carboxylic acids is 2. The molecule has 1 saturated heterocycles. The van der Waals surface area contributed by atoms with E-state index in [0.717, 1.165) is 11.6 Å². The van der Waals surface area contributed by atoms with Crippen molar-refractivity contribution in [2.24, 2.45) is 0 Å². The lowest BCUT2D eigenvalue weighted by Crippen LogP contribution is -2.51. The Morgan fingerprint density at radius 1 is 0.870 bits per heavy atom. The smallest absolute Gasteiger partial charge is 0.456 e. The number of benzene rings is 3. The van der Waals surface area contributed by atoms with Gasteiger partial charge in [0.25, 0.3) is 16.1 Å². The summed E-state index contributed by atoms with van der Waals surface area (Å²) < 4.78 is 76.3. The van der Waals surface area contributed by atoms with Gasteiger partial charge in [0.05, 0.1) is 5.56 Å². The number of rotatable bonds is 9. The van der Waals surface area contributed by atoms with Gasteiger partial charge in [-0.15, -0.1) is 13.2 Å². The molecule has 1 heterocycles. The van der Waals surface area contributed by atoms with Gasteiger partial charge in [0, 0.05) is 63.6 Å². The van der Waals surface area contributed by atoms with E-state index in [9.17, 15) is 31.2 Å². The first-order valence-corrected chi connectivity index (χ1v) is 15.8. The number of esters is 1. The van der Waals surface area contributed by atoms with Crippen LogP contribution in [0.25, 0.3) is 11.1 Å². The molecule has 1 aliphatic rings. The minimum Gasteiger partial charge on any atom is -0.456 e. The quantitative estimate of drug-likeness (QED) is 0.307. The summed E-state index contributed by atoms with van der Waals surface area (Å²) in [5.74, 6) is -1.63. The molecule has 3 aromatic rings. The number of amides is 1. The van der Waals surface area contributed by atoms with Gasteiger partial charge in [-0.3, -0.25) is 9.69 Å². The van der Waals surface area contributed by atoms with E-state index in [0.29, 0.717) is 44.0 Å². The Bertz CT molecular complexity index is 1650. The second kappa shape index (κ2) is 13.8. The maximum Gasteiger partial charge on any atom is 0.573 e. The van der Waals surface area contributed by atoms with Crippen LogP contribution in [0.3, 0.4) is 0 Å². The van der Waals surface area contributed by atoms with Crippen LogP contribution in [0.5, 0.6) is 5.75 Å². The highest BCUT2D eigenvalue weighted by atomic mass is 32.2. The zero-order chi connectivity index (χ0) is 33.9. The second-order valence-electron chi connectivity index (χ2n) is 12.0. The molecule has 0 bridgehead atoms. The van der Waals surface area contributed by atoms with Crippen LogP contribution in [-0.4, -0.2) is 86.0 Å². The molecule has 10 nitrogen and oxygen atoms in total. The molecular weight excluding hydrogens is 625 g/mol. The van der Waals surface area contributed by atoms with Crippen molar-refractivity contribution in [1.82, 2.24) is 13.5 Å². The third-order valence-electron chi connectivity index (χ3n) is 7.03. The van der Waals surface area contributed by atoms with Crippen molar-refractivity contribution in [3.8, 4) is 16.9 Å². The van der Waals surface area contributed by atoms with E-state index in [4.69, 9.17) is 4.74 Å². The molecule has 0 spiro atoms. The number of nitrogens with zero attached hydrogens (tertiary/aromatic N) is 3. The topological polar surface area (TPSA) is 108 Å². The van der Waals surface area contributed by atoms with Crippen molar-refractivity contribution in [2.75, 3.05) is 45.6 Å². The van der Waals surface area contributed by atoms with Crippen molar-refractivity contribution >= 4 is 27.8 Å². The van der Waals surface area contributed by atoms with Gasteiger partial charge in [0.15, 0.2) is 0 Å². The molecule has 1 amide bonds. The lowest BCUT2D eigenvalue weighted by atomic mass is 10.00. The summed E-state index contributed by atoms with van der Waals surface area (Å²) in [6, 6.07) is 16.7. The normalized spacial score (nSPS) is 15.1. The van der Waals surface area contributed by atoms with Gasteiger partial charge in [-0.05, 0) is 74.4 Å². The van der Waals surface area contributed by atoms with E-state index in [2.05, 4.69) is 15.0 Å². The Labute approximate surface area is 266 Å². The Morgan fingerprint density at radius 2 is 1.46 bits per heavy atom. The fourth-order valence-corrected chi connectivity index (χ4v) is 5.83. The summed E-state index contributed by atoms with van der Waals surface area (Å²) in [4.78, 5) is 27.7. The Balaban J connectivity index is 1.41. The van der Waals surface area contributed by atoms with Crippen LogP contribution < -0.4 is 10.1 Å². The van der Waals surface area contributed by atoms with Gasteiger partial charge < -0.3 is 14.8 Å². The first kappa shape index (κ1) is 34.9. The molecule has 14 heteroatoms. The summed E-state index contributed by atoms with van der Waals surface area (Å²) in [5.41, 5.74) is 1.35. The predicted octanol–water partition coefficient (Wildman–Crippen LogP) is 5.38. The highest BCUT2D eigenvalue weighted by Gasteiger charge is 2.33. The maximum atomic E-state index is 13.1. The molecule has 1 fully saturated rings. The number of anilines is 1. The molecule has 0 unspecified atom stereocenters. The van der Waals surface area contributed by atoms with E-state index in [1.54, 1.807) is 32.9 Å². The molecule has 248 valence electrons. The number of nitrogens with one attached hydrogen (secondary N) is 1. The highest BCUT2D eigenvalue weighted by molar-refractivity contribution is 7.86. The molecule has 0 aliphatic carbocycles. The monoisotopic (exact) mass is 662 g/mol. The summed E-state index contributed by atoms with van der Waals surface area (Å²) in [5, 5.41) is 2.80. The van der Waals surface area contributed by atoms with Crippen LogP contribution in [0, 0.1) is 0 Å². The lowest BCUT2D eigenvalue weighted by molar-refractivity contribution is -0.274. The van der Waals surface area contributed by atoms with Crippen LogP contribution in [0.2, 0.25) is 0 Å². The molecule has 0 radical (unpaired) electrons. The summed E-state index contributed by atoms with van der Waals surface area (Å²) >= 11 is 0. The zero-order valence-corrected chi connectivity index (χ0v) is 27.0. The SMILES string of the molecule is CN(C)S(=O)(=O)N1CCN(Cc2ccc(NC(=O)c3ccc(-c4cc(C(=O)OC(C)(C)C)ccc4OC(F)(F)F)cc3)cc2)CC1. The van der Waals surface area contributed by atoms with Gasteiger partial charge in [-0.2, -0.15) is 17.0 Å². The first-order chi connectivity index (χ1) is 21.4. The number of alkyl halides is 3. The van der Waals surface area contributed by atoms with Crippen LogP contribution in [0.15, 0.2) is 66.7 Å². The van der Waals surface area contributed by atoms with Gasteiger partial charge in [0.1, 0.15) is 11.4 Å². The molecule has 0 saturated carbocycles. The van der Waals surface area contributed by atoms with Crippen molar-refractivity contribution in [3.63, 3.8) is 0 Å². The van der Waals surface area contributed by atoms with Crippen LogP contribution in [0.4, 0.5) is 18.9 Å². The molecule has 0 atom stereocenters. The molecule has 1 aliphatic heterocycles. The largest absolute Gasteiger partial charge is 0.573 e. The van der Waals surface area contributed by atoms with Crippen molar-refractivity contribution in [2.45, 2.75) is 39.3 Å². The summed E-state index contributed by atoms with van der Waals surface area (Å²) in [6.07, 6.45) is -4.96. The minimum absolute atomic E-state index is 0.00367. The number of piperazine rings is 1. The lowest BCUT2D eigenvalue weighted by Gasteiger charge is -2.35. The summed E-state index contributed by atoms with van der Waals surface area (Å²) in [7, 11) is -0.410.